The van der Waals surface area contributed by atoms with Crippen molar-refractivity contribution in [2.24, 2.45) is 0 Å². The molecule has 0 bridgehead atoms. The molecule has 0 amide bonds. The van der Waals surface area contributed by atoms with Crippen molar-refractivity contribution in [1.82, 2.24) is 0 Å². The highest BCUT2D eigenvalue weighted by Gasteiger charge is 2.16. The number of ether oxygens (including phenoxy) is 3. The number of carbonyl (C=O) groups is 3. The summed E-state index contributed by atoms with van der Waals surface area (Å²) in [5.41, 5.74) is 0.885. The largest absolute Gasteiger partial charge is 0.465 e. The lowest BCUT2D eigenvalue weighted by Crippen LogP contribution is -2.12. The molecule has 2 aromatic rings. The quantitative estimate of drug-likeness (QED) is 0.582. The van der Waals surface area contributed by atoms with Crippen LogP contribution in [0.25, 0.3) is 0 Å². The number of benzene rings is 2. The van der Waals surface area contributed by atoms with Gasteiger partial charge in [0.25, 0.3) is 0 Å². The van der Waals surface area contributed by atoms with Gasteiger partial charge in [0.2, 0.25) is 0 Å². The van der Waals surface area contributed by atoms with Crippen LogP contribution < -0.4 is 4.74 Å². The van der Waals surface area contributed by atoms with E-state index in [1.54, 1.807) is 12.1 Å². The molecule has 0 spiro atoms. The van der Waals surface area contributed by atoms with E-state index in [1.165, 1.54) is 44.6 Å². The summed E-state index contributed by atoms with van der Waals surface area (Å²) in [5.74, 6) is -2.26. The first-order chi connectivity index (χ1) is 12.4. The molecule has 0 radical (unpaired) electrons. The first-order valence-corrected chi connectivity index (χ1v) is 7.69. The maximum Gasteiger partial charge on any atom is 0.338 e. The van der Waals surface area contributed by atoms with E-state index in [4.69, 9.17) is 4.74 Å². The second-order valence-electron chi connectivity index (χ2n) is 5.33. The molecule has 0 aromatic heterocycles. The molecule has 2 aromatic carbocycles. The molecular formula is C19H17FO6. The molecule has 6 nitrogen and oxygen atoms in total. The fraction of sp³-hybridized carbons (Fsp3) is 0.211. The van der Waals surface area contributed by atoms with E-state index in [0.717, 1.165) is 5.56 Å². The lowest BCUT2D eigenvalue weighted by atomic mass is 10.1. The van der Waals surface area contributed by atoms with Crippen LogP contribution in [0.15, 0.2) is 42.5 Å². The lowest BCUT2D eigenvalue weighted by Gasteiger charge is -2.09. The third kappa shape index (κ3) is 5.14. The topological polar surface area (TPSA) is 78.9 Å². The Labute approximate surface area is 149 Å². The van der Waals surface area contributed by atoms with E-state index in [9.17, 15) is 18.8 Å². The standard InChI is InChI=1S/C19H17FO6/c1-24-18(22)13-9-14(19(23)25-2)11-16(10-13)26-17(21)8-5-12-3-6-15(20)7-4-12/h3-4,6-7,9-11H,5,8H2,1-2H3. The van der Waals surface area contributed by atoms with Gasteiger partial charge >= 0.3 is 17.9 Å². The van der Waals surface area contributed by atoms with Gasteiger partial charge < -0.3 is 14.2 Å². The number of esters is 3. The molecular weight excluding hydrogens is 343 g/mol. The Morgan fingerprint density at radius 1 is 0.885 bits per heavy atom. The highest BCUT2D eigenvalue weighted by atomic mass is 19.1. The molecule has 7 heteroatoms. The third-order valence-electron chi connectivity index (χ3n) is 3.51. The first kappa shape index (κ1) is 19.1. The Morgan fingerprint density at radius 2 is 1.42 bits per heavy atom. The summed E-state index contributed by atoms with van der Waals surface area (Å²) in [7, 11) is 2.39. The SMILES string of the molecule is COC(=O)c1cc(OC(=O)CCc2ccc(F)cc2)cc(C(=O)OC)c1. The fourth-order valence-corrected chi connectivity index (χ4v) is 2.21. The van der Waals surface area contributed by atoms with Crippen LogP contribution in [-0.4, -0.2) is 32.1 Å². The van der Waals surface area contributed by atoms with E-state index in [0.29, 0.717) is 6.42 Å². The summed E-state index contributed by atoms with van der Waals surface area (Å²) >= 11 is 0. The van der Waals surface area contributed by atoms with E-state index < -0.39 is 17.9 Å². The average Bonchev–Trinajstić information content (AvgIpc) is 2.65. The molecule has 0 saturated heterocycles. The van der Waals surface area contributed by atoms with Gasteiger partial charge in [-0.1, -0.05) is 12.1 Å². The summed E-state index contributed by atoms with van der Waals surface area (Å²) in [5, 5.41) is 0. The number of rotatable bonds is 6. The van der Waals surface area contributed by atoms with Crippen molar-refractivity contribution < 1.29 is 33.0 Å². The maximum atomic E-state index is 12.9. The number of methoxy groups -OCH3 is 2. The summed E-state index contributed by atoms with van der Waals surface area (Å²) < 4.78 is 27.3. The van der Waals surface area contributed by atoms with Crippen molar-refractivity contribution in [2.75, 3.05) is 14.2 Å². The van der Waals surface area contributed by atoms with Crippen molar-refractivity contribution in [3.8, 4) is 5.75 Å². The maximum absolute atomic E-state index is 12.9. The number of carbonyl (C=O) groups excluding carboxylic acids is 3. The molecule has 0 heterocycles. The van der Waals surface area contributed by atoms with Gasteiger partial charge in [-0.05, 0) is 42.3 Å². The first-order valence-electron chi connectivity index (χ1n) is 7.69. The summed E-state index contributed by atoms with van der Waals surface area (Å²) in [6, 6.07) is 9.66. The van der Waals surface area contributed by atoms with E-state index in [2.05, 4.69) is 9.47 Å². The molecule has 0 N–H and O–H groups in total. The van der Waals surface area contributed by atoms with Crippen LogP contribution in [0.2, 0.25) is 0 Å². The molecule has 0 atom stereocenters. The Kier molecular flexibility index (Phi) is 6.43. The van der Waals surface area contributed by atoms with E-state index >= 15 is 0 Å². The van der Waals surface area contributed by atoms with Gasteiger partial charge in [-0.15, -0.1) is 0 Å². The molecule has 136 valence electrons. The van der Waals surface area contributed by atoms with Crippen LogP contribution in [0.1, 0.15) is 32.7 Å². The number of aryl methyl sites for hydroxylation is 1. The Hall–Kier alpha value is -3.22. The summed E-state index contributed by atoms with van der Waals surface area (Å²) in [6.45, 7) is 0. The predicted molar refractivity (Wildman–Crippen MR) is 89.5 cm³/mol. The van der Waals surface area contributed by atoms with Crippen LogP contribution in [0.3, 0.4) is 0 Å². The summed E-state index contributed by atoms with van der Waals surface area (Å²) in [6.07, 6.45) is 0.404. The van der Waals surface area contributed by atoms with Crippen LogP contribution in [0.4, 0.5) is 4.39 Å². The van der Waals surface area contributed by atoms with Crippen LogP contribution >= 0.6 is 0 Å². The smallest absolute Gasteiger partial charge is 0.338 e. The Morgan fingerprint density at radius 3 is 1.92 bits per heavy atom. The molecule has 2 rings (SSSR count). The minimum atomic E-state index is -0.681. The fourth-order valence-electron chi connectivity index (χ4n) is 2.21. The molecule has 0 unspecified atom stereocenters. The average molecular weight is 360 g/mol. The number of hydrogen-bond donors (Lipinski definition) is 0. The zero-order valence-corrected chi connectivity index (χ0v) is 14.3. The van der Waals surface area contributed by atoms with Gasteiger partial charge in [0, 0.05) is 6.42 Å². The highest BCUT2D eigenvalue weighted by Crippen LogP contribution is 2.20. The number of halogens is 1. The van der Waals surface area contributed by atoms with Gasteiger partial charge in [0.15, 0.2) is 0 Å². The molecule has 26 heavy (non-hydrogen) atoms. The highest BCUT2D eigenvalue weighted by molar-refractivity contribution is 5.96. The number of hydrogen-bond acceptors (Lipinski definition) is 6. The minimum Gasteiger partial charge on any atom is -0.465 e. The van der Waals surface area contributed by atoms with Gasteiger partial charge in [0.1, 0.15) is 11.6 Å². The minimum absolute atomic E-state index is 0.0254. The monoisotopic (exact) mass is 360 g/mol. The van der Waals surface area contributed by atoms with E-state index in [1.807, 2.05) is 0 Å². The summed E-state index contributed by atoms with van der Waals surface area (Å²) in [4.78, 5) is 35.4. The van der Waals surface area contributed by atoms with Crippen LogP contribution in [0, 0.1) is 5.82 Å². The van der Waals surface area contributed by atoms with Crippen molar-refractivity contribution in [1.29, 1.82) is 0 Å². The third-order valence-corrected chi connectivity index (χ3v) is 3.51. The second kappa shape index (κ2) is 8.75. The van der Waals surface area contributed by atoms with Crippen LogP contribution in [0.5, 0.6) is 5.75 Å². The molecule has 0 aliphatic carbocycles. The van der Waals surface area contributed by atoms with E-state index in [-0.39, 0.29) is 29.1 Å². The lowest BCUT2D eigenvalue weighted by molar-refractivity contribution is -0.134. The molecule has 0 aliphatic rings. The normalized spacial score (nSPS) is 10.1. The van der Waals surface area contributed by atoms with Crippen molar-refractivity contribution in [3.63, 3.8) is 0 Å². The Balaban J connectivity index is 2.11. The van der Waals surface area contributed by atoms with Gasteiger partial charge in [-0.25, -0.2) is 14.0 Å². The zero-order valence-electron chi connectivity index (χ0n) is 14.3. The van der Waals surface area contributed by atoms with Crippen molar-refractivity contribution in [2.45, 2.75) is 12.8 Å². The van der Waals surface area contributed by atoms with Crippen molar-refractivity contribution >= 4 is 17.9 Å². The van der Waals surface area contributed by atoms with Crippen LogP contribution in [-0.2, 0) is 20.7 Å². The van der Waals surface area contributed by atoms with Gasteiger partial charge in [0.05, 0.1) is 25.3 Å². The molecule has 0 fully saturated rings. The van der Waals surface area contributed by atoms with Crippen molar-refractivity contribution in [3.05, 3.63) is 65.0 Å². The van der Waals surface area contributed by atoms with Gasteiger partial charge in [-0.2, -0.15) is 0 Å². The molecule has 0 aliphatic heterocycles. The Bertz CT molecular complexity index is 779. The second-order valence-corrected chi connectivity index (χ2v) is 5.33. The zero-order chi connectivity index (χ0) is 19.1. The molecule has 0 saturated carbocycles. The predicted octanol–water partition coefficient (Wildman–Crippen LogP) is 2.94. The van der Waals surface area contributed by atoms with Gasteiger partial charge in [-0.3, -0.25) is 4.79 Å².